The third-order valence-corrected chi connectivity index (χ3v) is 4.08. The summed E-state index contributed by atoms with van der Waals surface area (Å²) in [5.74, 6) is 0. The van der Waals surface area contributed by atoms with Crippen LogP contribution in [0.25, 0.3) is 0 Å². The summed E-state index contributed by atoms with van der Waals surface area (Å²) in [6.07, 6.45) is 5.47. The second kappa shape index (κ2) is 4.81. The van der Waals surface area contributed by atoms with Gasteiger partial charge in [0.05, 0.1) is 6.10 Å². The van der Waals surface area contributed by atoms with Crippen molar-refractivity contribution >= 4 is 0 Å². The van der Waals surface area contributed by atoms with Gasteiger partial charge >= 0.3 is 0 Å². The summed E-state index contributed by atoms with van der Waals surface area (Å²) in [5, 5.41) is 9.25. The molecule has 0 heterocycles. The van der Waals surface area contributed by atoms with Crippen molar-refractivity contribution in [2.45, 2.75) is 57.6 Å². The van der Waals surface area contributed by atoms with E-state index in [1.807, 2.05) is 0 Å². The van der Waals surface area contributed by atoms with E-state index in [0.717, 1.165) is 19.3 Å². The molecule has 2 atom stereocenters. The van der Waals surface area contributed by atoms with E-state index in [1.54, 1.807) is 7.11 Å². The molecule has 90 valence electrons. The quantitative estimate of drug-likeness (QED) is 0.750. The first-order chi connectivity index (χ1) is 6.98. The first-order valence-electron chi connectivity index (χ1n) is 5.90. The zero-order valence-electron chi connectivity index (χ0n) is 10.3. The van der Waals surface area contributed by atoms with Crippen molar-refractivity contribution in [3.05, 3.63) is 0 Å². The van der Waals surface area contributed by atoms with E-state index in [9.17, 15) is 5.11 Å². The Kier molecular flexibility index (Phi) is 4.15. The molecule has 1 rings (SSSR count). The van der Waals surface area contributed by atoms with Gasteiger partial charge in [-0.3, -0.25) is 0 Å². The molecule has 0 aromatic rings. The van der Waals surface area contributed by atoms with Gasteiger partial charge in [0.1, 0.15) is 0 Å². The first-order valence-corrected chi connectivity index (χ1v) is 5.90. The highest BCUT2D eigenvalue weighted by Gasteiger charge is 2.49. The van der Waals surface area contributed by atoms with Crippen molar-refractivity contribution in [3.63, 3.8) is 0 Å². The minimum atomic E-state index is -0.295. The summed E-state index contributed by atoms with van der Waals surface area (Å²) < 4.78 is 5.60. The standard InChI is InChI=1S/C12H25NO2/c1-11(2,13)12(8-9-14)7-5-4-6-10(12)15-3/h10,14H,4-9,13H2,1-3H3. The summed E-state index contributed by atoms with van der Waals surface area (Å²) in [4.78, 5) is 0. The van der Waals surface area contributed by atoms with E-state index < -0.39 is 0 Å². The molecule has 0 aromatic heterocycles. The van der Waals surface area contributed by atoms with Crippen LogP contribution in [0.15, 0.2) is 0 Å². The van der Waals surface area contributed by atoms with E-state index in [0.29, 0.717) is 0 Å². The monoisotopic (exact) mass is 215 g/mol. The van der Waals surface area contributed by atoms with Crippen LogP contribution in [0.5, 0.6) is 0 Å². The zero-order chi connectivity index (χ0) is 11.5. The van der Waals surface area contributed by atoms with Crippen LogP contribution in [0.2, 0.25) is 0 Å². The molecule has 15 heavy (non-hydrogen) atoms. The number of rotatable bonds is 4. The highest BCUT2D eigenvalue weighted by Crippen LogP contribution is 2.47. The first kappa shape index (κ1) is 12.9. The van der Waals surface area contributed by atoms with Crippen molar-refractivity contribution in [1.29, 1.82) is 0 Å². The van der Waals surface area contributed by atoms with Gasteiger partial charge in [-0.25, -0.2) is 0 Å². The van der Waals surface area contributed by atoms with Crippen LogP contribution >= 0.6 is 0 Å². The summed E-state index contributed by atoms with van der Waals surface area (Å²) >= 11 is 0. The minimum Gasteiger partial charge on any atom is -0.396 e. The normalized spacial score (nSPS) is 33.0. The number of nitrogens with two attached hydrogens (primary N) is 1. The molecular formula is C12H25NO2. The Bertz CT molecular complexity index is 196. The Morgan fingerprint density at radius 3 is 2.60 bits per heavy atom. The van der Waals surface area contributed by atoms with Gasteiger partial charge in [-0.2, -0.15) is 0 Å². The van der Waals surface area contributed by atoms with Crippen LogP contribution in [0.3, 0.4) is 0 Å². The van der Waals surface area contributed by atoms with Crippen molar-refractivity contribution in [2.24, 2.45) is 11.1 Å². The molecule has 1 fully saturated rings. The topological polar surface area (TPSA) is 55.5 Å². The molecule has 0 aromatic carbocycles. The number of hydrogen-bond acceptors (Lipinski definition) is 3. The average Bonchev–Trinajstić information content (AvgIpc) is 2.17. The van der Waals surface area contributed by atoms with E-state index in [1.165, 1.54) is 12.8 Å². The van der Waals surface area contributed by atoms with Crippen LogP contribution < -0.4 is 5.73 Å². The smallest absolute Gasteiger partial charge is 0.0645 e. The molecule has 0 amide bonds. The maximum Gasteiger partial charge on any atom is 0.0645 e. The van der Waals surface area contributed by atoms with Gasteiger partial charge in [-0.1, -0.05) is 12.8 Å². The Balaban J connectivity index is 2.94. The Hall–Kier alpha value is -0.120. The molecule has 0 radical (unpaired) electrons. The van der Waals surface area contributed by atoms with Crippen LogP contribution in [-0.2, 0) is 4.74 Å². The van der Waals surface area contributed by atoms with Gasteiger partial charge in [0, 0.05) is 24.7 Å². The lowest BCUT2D eigenvalue weighted by atomic mass is 9.60. The largest absolute Gasteiger partial charge is 0.396 e. The highest BCUT2D eigenvalue weighted by atomic mass is 16.5. The van der Waals surface area contributed by atoms with Crippen LogP contribution in [0, 0.1) is 5.41 Å². The van der Waals surface area contributed by atoms with Gasteiger partial charge in [0.2, 0.25) is 0 Å². The summed E-state index contributed by atoms with van der Waals surface area (Å²) in [7, 11) is 1.76. The number of ether oxygens (including phenoxy) is 1. The molecule has 3 N–H and O–H groups in total. The summed E-state index contributed by atoms with van der Waals surface area (Å²) in [6, 6.07) is 0. The Morgan fingerprint density at radius 2 is 2.13 bits per heavy atom. The predicted molar refractivity (Wildman–Crippen MR) is 61.7 cm³/mol. The van der Waals surface area contributed by atoms with Crippen molar-refractivity contribution in [1.82, 2.24) is 0 Å². The van der Waals surface area contributed by atoms with Crippen LogP contribution in [0.4, 0.5) is 0 Å². The van der Waals surface area contributed by atoms with Gasteiger partial charge in [-0.05, 0) is 33.1 Å². The number of hydrogen-bond donors (Lipinski definition) is 2. The lowest BCUT2D eigenvalue weighted by Crippen LogP contribution is -2.59. The molecule has 0 spiro atoms. The number of methoxy groups -OCH3 is 1. The fourth-order valence-corrected chi connectivity index (χ4v) is 3.10. The lowest BCUT2D eigenvalue weighted by molar-refractivity contribution is -0.0902. The molecule has 3 heteroatoms. The average molecular weight is 215 g/mol. The Labute approximate surface area is 93.0 Å². The lowest BCUT2D eigenvalue weighted by Gasteiger charge is -2.51. The van der Waals surface area contributed by atoms with Crippen molar-refractivity contribution in [2.75, 3.05) is 13.7 Å². The molecule has 0 saturated heterocycles. The van der Waals surface area contributed by atoms with Gasteiger partial charge in [-0.15, -0.1) is 0 Å². The van der Waals surface area contributed by atoms with Crippen LogP contribution in [0.1, 0.15) is 46.0 Å². The summed E-state index contributed by atoms with van der Waals surface area (Å²) in [6.45, 7) is 4.31. The SMILES string of the molecule is COC1CCCCC1(CCO)C(C)(C)N. The van der Waals surface area contributed by atoms with Gasteiger partial charge in [0.25, 0.3) is 0 Å². The summed E-state index contributed by atoms with van der Waals surface area (Å²) in [5.41, 5.74) is 5.95. The molecule has 1 saturated carbocycles. The number of aliphatic hydroxyl groups is 1. The fraction of sp³-hybridized carbons (Fsp3) is 1.00. The molecular weight excluding hydrogens is 190 g/mol. The minimum absolute atomic E-state index is 0.0608. The molecule has 3 nitrogen and oxygen atoms in total. The van der Waals surface area contributed by atoms with Crippen LogP contribution in [-0.4, -0.2) is 30.5 Å². The van der Waals surface area contributed by atoms with Crippen molar-refractivity contribution < 1.29 is 9.84 Å². The molecule has 0 aliphatic heterocycles. The van der Waals surface area contributed by atoms with E-state index in [-0.39, 0.29) is 23.7 Å². The molecule has 0 bridgehead atoms. The van der Waals surface area contributed by atoms with E-state index >= 15 is 0 Å². The van der Waals surface area contributed by atoms with Crippen molar-refractivity contribution in [3.8, 4) is 0 Å². The molecule has 1 aliphatic rings. The second-order valence-corrected chi connectivity index (χ2v) is 5.32. The van der Waals surface area contributed by atoms with Gasteiger partial charge < -0.3 is 15.6 Å². The number of aliphatic hydroxyl groups excluding tert-OH is 1. The van der Waals surface area contributed by atoms with E-state index in [4.69, 9.17) is 10.5 Å². The predicted octanol–water partition coefficient (Wildman–Crippen LogP) is 1.68. The third kappa shape index (κ3) is 2.35. The van der Waals surface area contributed by atoms with Gasteiger partial charge in [0.15, 0.2) is 0 Å². The van der Waals surface area contributed by atoms with E-state index in [2.05, 4.69) is 13.8 Å². The molecule has 1 aliphatic carbocycles. The maximum atomic E-state index is 9.25. The zero-order valence-corrected chi connectivity index (χ0v) is 10.3. The highest BCUT2D eigenvalue weighted by molar-refractivity contribution is 5.03. The third-order valence-electron chi connectivity index (χ3n) is 4.08. The molecule has 2 unspecified atom stereocenters. The Morgan fingerprint density at radius 1 is 1.47 bits per heavy atom. The maximum absolute atomic E-state index is 9.25. The second-order valence-electron chi connectivity index (χ2n) is 5.32. The fourth-order valence-electron chi connectivity index (χ4n) is 3.10.